The largest absolute Gasteiger partial charge is 0.505 e. The summed E-state index contributed by atoms with van der Waals surface area (Å²) in [5.41, 5.74) is 5.89. The molecule has 0 unspecified atom stereocenters. The summed E-state index contributed by atoms with van der Waals surface area (Å²) in [5.74, 6) is 2.73. The quantitative estimate of drug-likeness (QED) is 0.274. The van der Waals surface area contributed by atoms with Gasteiger partial charge < -0.3 is 9.84 Å². The molecule has 1 fully saturated rings. The zero-order valence-corrected chi connectivity index (χ0v) is 20.9. The van der Waals surface area contributed by atoms with Crippen molar-refractivity contribution in [1.82, 2.24) is 14.5 Å². The first-order valence-corrected chi connectivity index (χ1v) is 12.8. The summed E-state index contributed by atoms with van der Waals surface area (Å²) in [6.07, 6.45) is 3.47. The third-order valence-electron chi connectivity index (χ3n) is 7.60. The van der Waals surface area contributed by atoms with Gasteiger partial charge in [-0.05, 0) is 80.6 Å². The van der Waals surface area contributed by atoms with E-state index in [1.54, 1.807) is 0 Å². The predicted octanol–water partition coefficient (Wildman–Crippen LogP) is 8.11. The number of nitrogens with zero attached hydrogens (tertiary/aromatic N) is 3. The minimum atomic E-state index is 0.282. The van der Waals surface area contributed by atoms with Crippen molar-refractivity contribution < 1.29 is 9.84 Å². The highest BCUT2D eigenvalue weighted by Crippen LogP contribution is 2.43. The molecule has 3 aromatic heterocycles. The number of benzene rings is 3. The van der Waals surface area contributed by atoms with E-state index in [0.717, 1.165) is 51.7 Å². The van der Waals surface area contributed by atoms with E-state index < -0.39 is 0 Å². The molecule has 0 aliphatic heterocycles. The van der Waals surface area contributed by atoms with Crippen molar-refractivity contribution in [3.63, 3.8) is 0 Å². The molecule has 1 N–H and O–H groups in total. The molecule has 1 aliphatic carbocycles. The number of aromatic hydroxyl groups is 1. The van der Waals surface area contributed by atoms with Crippen molar-refractivity contribution in [2.75, 3.05) is 0 Å². The van der Waals surface area contributed by atoms with Crippen LogP contribution in [0.3, 0.4) is 0 Å². The van der Waals surface area contributed by atoms with Gasteiger partial charge >= 0.3 is 0 Å². The first-order chi connectivity index (χ1) is 18.0. The maximum atomic E-state index is 11.0. The summed E-state index contributed by atoms with van der Waals surface area (Å²) in [4.78, 5) is 9.52. The molecule has 1 aliphatic rings. The lowest BCUT2D eigenvalue weighted by molar-refractivity contribution is 0.394. The molecule has 5 heteroatoms. The molecule has 0 spiro atoms. The number of phenolic OH excluding ortho intramolecular Hbond substituents is 1. The van der Waals surface area contributed by atoms with Crippen molar-refractivity contribution in [1.29, 1.82) is 0 Å². The van der Waals surface area contributed by atoms with Crippen LogP contribution in [0, 0.1) is 13.8 Å². The molecule has 7 rings (SSSR count). The van der Waals surface area contributed by atoms with E-state index in [2.05, 4.69) is 35.8 Å². The number of hydrogen-bond acceptors (Lipinski definition) is 4. The fraction of sp³-hybridized carbons (Fsp3) is 0.188. The summed E-state index contributed by atoms with van der Waals surface area (Å²) in [5, 5.41) is 14.2. The van der Waals surface area contributed by atoms with Gasteiger partial charge in [-0.1, -0.05) is 36.2 Å². The molecular weight excluding hydrogens is 458 g/mol. The first kappa shape index (κ1) is 21.9. The second kappa shape index (κ2) is 8.34. The maximum Gasteiger partial charge on any atom is 0.219 e. The molecule has 1 saturated carbocycles. The highest BCUT2D eigenvalue weighted by atomic mass is 16.5. The third kappa shape index (κ3) is 3.61. The highest BCUT2D eigenvalue weighted by Gasteiger charge is 2.24. The minimum absolute atomic E-state index is 0.282. The van der Waals surface area contributed by atoms with E-state index in [4.69, 9.17) is 14.7 Å². The van der Waals surface area contributed by atoms with Crippen LogP contribution < -0.4 is 4.74 Å². The van der Waals surface area contributed by atoms with E-state index >= 15 is 0 Å². The summed E-state index contributed by atoms with van der Waals surface area (Å²) >= 11 is 0. The monoisotopic (exact) mass is 485 g/mol. The first-order valence-electron chi connectivity index (χ1n) is 12.8. The Kier molecular flexibility index (Phi) is 4.93. The number of aryl methyl sites for hydroxylation is 2. The molecule has 0 radical (unpaired) electrons. The average Bonchev–Trinajstić information content (AvgIpc) is 3.17. The van der Waals surface area contributed by atoms with Gasteiger partial charge in [0, 0.05) is 34.0 Å². The highest BCUT2D eigenvalue weighted by molar-refractivity contribution is 6.09. The zero-order valence-electron chi connectivity index (χ0n) is 20.9. The van der Waals surface area contributed by atoms with Gasteiger partial charge in [0.1, 0.15) is 22.8 Å². The lowest BCUT2D eigenvalue weighted by atomic mass is 9.79. The van der Waals surface area contributed by atoms with E-state index in [9.17, 15) is 5.11 Å². The number of ether oxygens (including phenoxy) is 1. The molecule has 0 atom stereocenters. The van der Waals surface area contributed by atoms with Crippen LogP contribution in [0.15, 0.2) is 78.9 Å². The Morgan fingerprint density at radius 2 is 1.70 bits per heavy atom. The third-order valence-corrected chi connectivity index (χ3v) is 7.60. The average molecular weight is 486 g/mol. The molecule has 0 bridgehead atoms. The van der Waals surface area contributed by atoms with Gasteiger partial charge in [-0.3, -0.25) is 4.57 Å². The molecule has 3 heterocycles. The second-order valence-electron chi connectivity index (χ2n) is 10.1. The van der Waals surface area contributed by atoms with E-state index in [0.29, 0.717) is 23.1 Å². The van der Waals surface area contributed by atoms with Crippen LogP contribution in [-0.4, -0.2) is 19.6 Å². The van der Waals surface area contributed by atoms with Crippen molar-refractivity contribution in [2.45, 2.75) is 39.0 Å². The number of rotatable bonds is 4. The van der Waals surface area contributed by atoms with E-state index in [1.807, 2.05) is 61.5 Å². The normalized spacial score (nSPS) is 13.9. The lowest BCUT2D eigenvalue weighted by Gasteiger charge is -2.26. The fourth-order valence-electron chi connectivity index (χ4n) is 5.48. The molecule has 5 nitrogen and oxygen atoms in total. The van der Waals surface area contributed by atoms with Crippen molar-refractivity contribution in [3.8, 4) is 23.2 Å². The van der Waals surface area contributed by atoms with Crippen LogP contribution in [0.2, 0.25) is 0 Å². The van der Waals surface area contributed by atoms with Crippen LogP contribution in [0.4, 0.5) is 0 Å². The SMILES string of the molecule is Cc1ccc2c(c1)c1ccc(Oc3ccc4ccc(C5CCC5)c(O)c4n3)cc1n2-c1cccc(C)n1. The molecule has 182 valence electrons. The number of phenols is 1. The lowest BCUT2D eigenvalue weighted by Crippen LogP contribution is -2.09. The van der Waals surface area contributed by atoms with E-state index in [1.165, 1.54) is 17.4 Å². The molecule has 3 aromatic carbocycles. The number of pyridine rings is 2. The Morgan fingerprint density at radius 3 is 2.51 bits per heavy atom. The zero-order chi connectivity index (χ0) is 25.1. The van der Waals surface area contributed by atoms with Crippen molar-refractivity contribution in [2.24, 2.45) is 0 Å². The van der Waals surface area contributed by atoms with Gasteiger partial charge in [-0.25, -0.2) is 9.97 Å². The van der Waals surface area contributed by atoms with Crippen molar-refractivity contribution in [3.05, 3.63) is 95.7 Å². The van der Waals surface area contributed by atoms with Gasteiger partial charge in [-0.2, -0.15) is 0 Å². The van der Waals surface area contributed by atoms with Crippen LogP contribution >= 0.6 is 0 Å². The summed E-state index contributed by atoms with van der Waals surface area (Å²) in [6.45, 7) is 4.12. The maximum absolute atomic E-state index is 11.0. The van der Waals surface area contributed by atoms with Gasteiger partial charge in [0.15, 0.2) is 0 Å². The Morgan fingerprint density at radius 1 is 0.838 bits per heavy atom. The Balaban J connectivity index is 1.35. The fourth-order valence-corrected chi connectivity index (χ4v) is 5.48. The van der Waals surface area contributed by atoms with Gasteiger partial charge in [0.2, 0.25) is 5.88 Å². The van der Waals surface area contributed by atoms with Crippen molar-refractivity contribution >= 4 is 32.7 Å². The summed E-state index contributed by atoms with van der Waals surface area (Å²) in [6, 6.07) is 26.6. The van der Waals surface area contributed by atoms with Crippen LogP contribution in [0.25, 0.3) is 38.5 Å². The Labute approximate surface area is 215 Å². The van der Waals surface area contributed by atoms with Crippen LogP contribution in [-0.2, 0) is 0 Å². The smallest absolute Gasteiger partial charge is 0.219 e. The standard InChI is InChI=1S/C32H27N3O2/c1-19-9-15-27-26(17-19)25-14-12-23(18-28(25)35(27)29-8-3-5-20(2)33-29)37-30-16-11-22-10-13-24(21-6-4-7-21)32(36)31(22)34-30/h3,5,8-18,21,36H,4,6-7H2,1-2H3. The molecule has 0 saturated heterocycles. The van der Waals surface area contributed by atoms with Crippen LogP contribution in [0.1, 0.15) is 42.0 Å². The van der Waals surface area contributed by atoms with E-state index in [-0.39, 0.29) is 5.75 Å². The Bertz CT molecular complexity index is 1830. The van der Waals surface area contributed by atoms with Crippen LogP contribution in [0.5, 0.6) is 17.4 Å². The Hall–Kier alpha value is -4.38. The minimum Gasteiger partial charge on any atom is -0.505 e. The molecular formula is C32H27N3O2. The summed E-state index contributed by atoms with van der Waals surface area (Å²) < 4.78 is 8.46. The van der Waals surface area contributed by atoms with Gasteiger partial charge in [0.05, 0.1) is 11.0 Å². The second-order valence-corrected chi connectivity index (χ2v) is 10.1. The summed E-state index contributed by atoms with van der Waals surface area (Å²) in [7, 11) is 0. The van der Waals surface area contributed by atoms with Gasteiger partial charge in [-0.15, -0.1) is 0 Å². The predicted molar refractivity (Wildman–Crippen MR) is 148 cm³/mol. The molecule has 0 amide bonds. The topological polar surface area (TPSA) is 60.2 Å². The van der Waals surface area contributed by atoms with Gasteiger partial charge in [0.25, 0.3) is 0 Å². The number of aromatic nitrogens is 3. The number of fused-ring (bicyclic) bond motifs is 4. The molecule has 6 aromatic rings. The molecule has 37 heavy (non-hydrogen) atoms. The number of hydrogen-bond donors (Lipinski definition) is 1.